The molecule has 1 radical (unpaired) electrons. The molecule has 80 valence electrons. The van der Waals surface area contributed by atoms with Crippen molar-refractivity contribution in [3.63, 3.8) is 0 Å². The zero-order valence-corrected chi connectivity index (χ0v) is 11.8. The van der Waals surface area contributed by atoms with Crippen molar-refractivity contribution in [2.45, 2.75) is 34.6 Å². The van der Waals surface area contributed by atoms with Crippen LogP contribution in [0.1, 0.15) is 34.6 Å². The monoisotopic (exact) mass is 370 g/mol. The molecule has 1 aliphatic rings. The van der Waals surface area contributed by atoms with Crippen LogP contribution in [-0.4, -0.2) is 0 Å². The molecule has 0 amide bonds. The van der Waals surface area contributed by atoms with Gasteiger partial charge in [-0.15, -0.1) is 0 Å². The number of hydrogen-bond acceptors (Lipinski definition) is 3. The maximum absolute atomic E-state index is 8.60. The van der Waals surface area contributed by atoms with Gasteiger partial charge in [0.2, 0.25) is 0 Å². The average Bonchev–Trinajstić information content (AvgIpc) is 2.23. The van der Waals surface area contributed by atoms with Crippen LogP contribution < -0.4 is 0 Å². The Bertz CT molecular complexity index is 353. The Morgan fingerprint density at radius 3 is 0.929 bits per heavy atom. The van der Waals surface area contributed by atoms with Gasteiger partial charge in [-0.25, -0.2) is 0 Å². The minimum atomic E-state index is -4.21. The van der Waals surface area contributed by atoms with Gasteiger partial charge in [0, 0.05) is 5.92 Å². The van der Waals surface area contributed by atoms with Gasteiger partial charge in [0.25, 0.3) is 0 Å². The standard InChI is InChI=1S/C10H15.3O.Re/c1-6-7(2)9(4)10(5)8(6)3;;;;/h1-5H3;;;;. The maximum atomic E-state index is 8.60. The topological polar surface area (TPSA) is 51.2 Å². The second kappa shape index (κ2) is 5.43. The molecule has 0 fully saturated rings. The van der Waals surface area contributed by atoms with Gasteiger partial charge in [-0.3, -0.25) is 0 Å². The van der Waals surface area contributed by atoms with Crippen LogP contribution in [0.15, 0.2) is 22.3 Å². The van der Waals surface area contributed by atoms with Gasteiger partial charge < -0.3 is 0 Å². The van der Waals surface area contributed by atoms with Gasteiger partial charge in [-0.2, -0.15) is 0 Å². The van der Waals surface area contributed by atoms with Gasteiger partial charge in [0.05, 0.1) is 0 Å². The van der Waals surface area contributed by atoms with E-state index in [9.17, 15) is 0 Å². The molecule has 0 atom stereocenters. The molecule has 0 aromatic heterocycles. The number of rotatable bonds is 0. The van der Waals surface area contributed by atoms with Crippen molar-refractivity contribution in [1.82, 2.24) is 0 Å². The molecule has 0 aliphatic heterocycles. The van der Waals surface area contributed by atoms with E-state index in [1.807, 2.05) is 0 Å². The van der Waals surface area contributed by atoms with E-state index >= 15 is 0 Å². The molecule has 0 saturated carbocycles. The van der Waals surface area contributed by atoms with Crippen molar-refractivity contribution >= 4 is 0 Å². The molecule has 0 aromatic carbocycles. The summed E-state index contributed by atoms with van der Waals surface area (Å²) in [5.41, 5.74) is 5.87. The minimum absolute atomic E-state index is 1.47. The Kier molecular flexibility index (Phi) is 5.25. The van der Waals surface area contributed by atoms with Crippen molar-refractivity contribution in [2.24, 2.45) is 0 Å². The Hall–Kier alpha value is -0.458. The third kappa shape index (κ3) is 3.36. The quantitative estimate of drug-likeness (QED) is 0.660. The summed E-state index contributed by atoms with van der Waals surface area (Å²) in [5, 5.41) is 0. The van der Waals surface area contributed by atoms with Crippen molar-refractivity contribution < 1.29 is 27.0 Å². The summed E-state index contributed by atoms with van der Waals surface area (Å²) in [6.45, 7) is 11.0. The van der Waals surface area contributed by atoms with Crippen molar-refractivity contribution in [2.75, 3.05) is 0 Å². The van der Waals surface area contributed by atoms with E-state index in [4.69, 9.17) is 10.4 Å². The van der Waals surface area contributed by atoms with E-state index in [0.717, 1.165) is 0 Å². The molecule has 0 N–H and O–H groups in total. The Labute approximate surface area is 90.1 Å². The fourth-order valence-corrected chi connectivity index (χ4v) is 1.41. The fourth-order valence-electron chi connectivity index (χ4n) is 1.41. The van der Waals surface area contributed by atoms with Crippen LogP contribution >= 0.6 is 0 Å². The second-order valence-electron chi connectivity index (χ2n) is 3.31. The summed E-state index contributed by atoms with van der Waals surface area (Å²) in [4.78, 5) is 0. The number of allylic oxidation sites excluding steroid dienone is 4. The zero-order chi connectivity index (χ0) is 11.5. The summed E-state index contributed by atoms with van der Waals surface area (Å²) >= 11 is -4.21. The van der Waals surface area contributed by atoms with Gasteiger partial charge in [-0.05, 0) is 38.8 Å². The predicted octanol–water partition coefficient (Wildman–Crippen LogP) is 2.91. The van der Waals surface area contributed by atoms with E-state index in [-0.39, 0.29) is 0 Å². The first kappa shape index (κ1) is 13.5. The van der Waals surface area contributed by atoms with Crippen molar-refractivity contribution in [3.05, 3.63) is 28.2 Å². The summed E-state index contributed by atoms with van der Waals surface area (Å²) in [6.07, 6.45) is 0. The first-order valence-corrected chi connectivity index (χ1v) is 7.54. The molecule has 0 unspecified atom stereocenters. The van der Waals surface area contributed by atoms with E-state index in [1.165, 1.54) is 28.2 Å². The second-order valence-corrected chi connectivity index (χ2v) is 4.67. The van der Waals surface area contributed by atoms with Crippen LogP contribution in [0, 0.1) is 5.92 Å². The summed E-state index contributed by atoms with van der Waals surface area (Å²) in [5.74, 6) is 1.47. The molecule has 0 saturated heterocycles. The van der Waals surface area contributed by atoms with Crippen LogP contribution in [0.5, 0.6) is 0 Å². The fraction of sp³-hybridized carbons (Fsp3) is 0.500. The molecule has 14 heavy (non-hydrogen) atoms. The van der Waals surface area contributed by atoms with Gasteiger partial charge in [-0.1, -0.05) is 18.1 Å². The summed E-state index contributed by atoms with van der Waals surface area (Å²) in [7, 11) is 0. The van der Waals surface area contributed by atoms with Gasteiger partial charge >= 0.3 is 27.0 Å². The molecule has 0 bridgehead atoms. The SMILES string of the molecule is C[C]1C(C)=C(C)C(C)=C1C.[O]=[Re](=[O])=[O]. The van der Waals surface area contributed by atoms with Crippen LogP contribution in [0.3, 0.4) is 0 Å². The first-order valence-electron chi connectivity index (χ1n) is 4.21. The third-order valence-corrected chi connectivity index (χ3v) is 2.81. The first-order chi connectivity index (χ1) is 6.29. The van der Waals surface area contributed by atoms with E-state index in [1.54, 1.807) is 0 Å². The normalized spacial score (nSPS) is 16.9. The van der Waals surface area contributed by atoms with Gasteiger partial charge in [0.15, 0.2) is 0 Å². The van der Waals surface area contributed by atoms with Crippen LogP contribution in [0.4, 0.5) is 0 Å². The zero-order valence-electron chi connectivity index (χ0n) is 9.10. The Balaban J connectivity index is 0.000000364. The van der Waals surface area contributed by atoms with E-state index in [0.29, 0.717) is 0 Å². The molecular weight excluding hydrogens is 354 g/mol. The molecule has 3 nitrogen and oxygen atoms in total. The van der Waals surface area contributed by atoms with Crippen LogP contribution in [0.2, 0.25) is 0 Å². The average molecular weight is 369 g/mol. The predicted molar refractivity (Wildman–Crippen MR) is 47.7 cm³/mol. The molecule has 0 spiro atoms. The van der Waals surface area contributed by atoms with E-state index < -0.39 is 16.6 Å². The van der Waals surface area contributed by atoms with Crippen molar-refractivity contribution in [1.29, 1.82) is 0 Å². The van der Waals surface area contributed by atoms with Crippen LogP contribution in [-0.2, 0) is 27.0 Å². The molecule has 4 heteroatoms. The molecule has 1 rings (SSSR count). The van der Waals surface area contributed by atoms with Gasteiger partial charge in [0.1, 0.15) is 0 Å². The Morgan fingerprint density at radius 2 is 0.857 bits per heavy atom. The van der Waals surface area contributed by atoms with Crippen LogP contribution in [0.25, 0.3) is 0 Å². The number of hydrogen-bond donors (Lipinski definition) is 0. The summed E-state index contributed by atoms with van der Waals surface area (Å²) < 4.78 is 25.8. The molecular formula is C10H15O3Re. The summed E-state index contributed by atoms with van der Waals surface area (Å²) in [6, 6.07) is 0. The molecule has 1 aliphatic carbocycles. The van der Waals surface area contributed by atoms with Crippen molar-refractivity contribution in [3.8, 4) is 0 Å². The third-order valence-electron chi connectivity index (χ3n) is 2.81. The van der Waals surface area contributed by atoms with E-state index in [2.05, 4.69) is 34.6 Å². The molecule has 0 aromatic rings. The molecule has 0 heterocycles. The Morgan fingerprint density at radius 1 is 0.643 bits per heavy atom.